The number of carbonyl (C=O) groups excluding carboxylic acids is 1. The topological polar surface area (TPSA) is 66.8 Å². The standard InChI is InChI=1S/C16H16O4/c1-20-16(19)10-13-5-3-2-4-12(13)8-11-6-7-14(17)15(18)9-11/h2-7,9,17-18H,8,10H2,1H3. The molecule has 0 saturated heterocycles. The Morgan fingerprint density at radius 1 is 1.05 bits per heavy atom. The number of benzene rings is 2. The molecular weight excluding hydrogens is 256 g/mol. The van der Waals surface area contributed by atoms with Gasteiger partial charge >= 0.3 is 5.97 Å². The molecule has 0 spiro atoms. The maximum absolute atomic E-state index is 11.4. The van der Waals surface area contributed by atoms with Crippen LogP contribution in [-0.2, 0) is 22.4 Å². The maximum atomic E-state index is 11.4. The summed E-state index contributed by atoms with van der Waals surface area (Å²) in [5.74, 6) is -0.574. The van der Waals surface area contributed by atoms with Crippen LogP contribution in [0.15, 0.2) is 42.5 Å². The highest BCUT2D eigenvalue weighted by Crippen LogP contribution is 2.26. The van der Waals surface area contributed by atoms with Crippen LogP contribution in [-0.4, -0.2) is 23.3 Å². The van der Waals surface area contributed by atoms with Gasteiger partial charge in [-0.3, -0.25) is 4.79 Å². The van der Waals surface area contributed by atoms with Crippen LogP contribution in [0.2, 0.25) is 0 Å². The van der Waals surface area contributed by atoms with Gasteiger partial charge in [0.2, 0.25) is 0 Å². The fourth-order valence-electron chi connectivity index (χ4n) is 2.03. The molecule has 0 amide bonds. The summed E-state index contributed by atoms with van der Waals surface area (Å²) in [4.78, 5) is 11.4. The van der Waals surface area contributed by atoms with E-state index < -0.39 is 0 Å². The van der Waals surface area contributed by atoms with Crippen LogP contribution in [0.25, 0.3) is 0 Å². The lowest BCUT2D eigenvalue weighted by Crippen LogP contribution is -2.07. The Morgan fingerprint density at radius 2 is 1.75 bits per heavy atom. The van der Waals surface area contributed by atoms with Gasteiger partial charge in [0.25, 0.3) is 0 Å². The Morgan fingerprint density at radius 3 is 2.40 bits per heavy atom. The molecule has 0 aliphatic heterocycles. The molecule has 0 atom stereocenters. The van der Waals surface area contributed by atoms with Gasteiger partial charge < -0.3 is 14.9 Å². The average Bonchev–Trinajstić information content (AvgIpc) is 2.45. The largest absolute Gasteiger partial charge is 0.504 e. The van der Waals surface area contributed by atoms with Crippen molar-refractivity contribution >= 4 is 5.97 Å². The SMILES string of the molecule is COC(=O)Cc1ccccc1Cc1ccc(O)c(O)c1. The van der Waals surface area contributed by atoms with Crippen molar-refractivity contribution in [2.75, 3.05) is 7.11 Å². The molecule has 20 heavy (non-hydrogen) atoms. The first kappa shape index (κ1) is 13.9. The number of hydrogen-bond acceptors (Lipinski definition) is 4. The smallest absolute Gasteiger partial charge is 0.309 e. The molecule has 0 fully saturated rings. The zero-order valence-electron chi connectivity index (χ0n) is 11.2. The minimum Gasteiger partial charge on any atom is -0.504 e. The molecule has 0 aromatic heterocycles. The number of ether oxygens (including phenoxy) is 1. The van der Waals surface area contributed by atoms with E-state index in [2.05, 4.69) is 4.74 Å². The molecule has 0 aliphatic carbocycles. The van der Waals surface area contributed by atoms with E-state index in [0.29, 0.717) is 6.42 Å². The summed E-state index contributed by atoms with van der Waals surface area (Å²) >= 11 is 0. The molecule has 2 N–H and O–H groups in total. The van der Waals surface area contributed by atoms with E-state index >= 15 is 0 Å². The number of aromatic hydroxyl groups is 2. The number of rotatable bonds is 4. The van der Waals surface area contributed by atoms with Crippen molar-refractivity contribution in [1.82, 2.24) is 0 Å². The van der Waals surface area contributed by atoms with E-state index in [1.54, 1.807) is 6.07 Å². The van der Waals surface area contributed by atoms with Crippen LogP contribution in [0.5, 0.6) is 11.5 Å². The van der Waals surface area contributed by atoms with Gasteiger partial charge in [0, 0.05) is 0 Å². The molecule has 4 heteroatoms. The average molecular weight is 272 g/mol. The Labute approximate surface area is 117 Å². The number of phenols is 2. The second-order valence-electron chi connectivity index (χ2n) is 4.52. The highest BCUT2D eigenvalue weighted by molar-refractivity contribution is 5.73. The van der Waals surface area contributed by atoms with Crippen molar-refractivity contribution in [2.45, 2.75) is 12.8 Å². The van der Waals surface area contributed by atoms with Crippen LogP contribution >= 0.6 is 0 Å². The summed E-state index contributed by atoms with van der Waals surface area (Å²) in [5, 5.41) is 18.8. The van der Waals surface area contributed by atoms with Crippen molar-refractivity contribution in [3.05, 3.63) is 59.2 Å². The normalized spacial score (nSPS) is 10.2. The van der Waals surface area contributed by atoms with Crippen LogP contribution < -0.4 is 0 Å². The number of carbonyl (C=O) groups is 1. The first-order valence-electron chi connectivity index (χ1n) is 6.24. The summed E-state index contributed by atoms with van der Waals surface area (Å²) in [5.41, 5.74) is 2.74. The van der Waals surface area contributed by atoms with Crippen molar-refractivity contribution in [3.63, 3.8) is 0 Å². The summed E-state index contributed by atoms with van der Waals surface area (Å²) in [7, 11) is 1.36. The van der Waals surface area contributed by atoms with E-state index in [1.165, 1.54) is 19.2 Å². The fourth-order valence-corrected chi connectivity index (χ4v) is 2.03. The van der Waals surface area contributed by atoms with Crippen LogP contribution in [0, 0.1) is 0 Å². The highest BCUT2D eigenvalue weighted by Gasteiger charge is 2.09. The number of phenolic OH excluding ortho intramolecular Hbond substituents is 2. The molecule has 0 radical (unpaired) electrons. The molecule has 0 heterocycles. The zero-order valence-corrected chi connectivity index (χ0v) is 11.2. The molecule has 0 aliphatic rings. The lowest BCUT2D eigenvalue weighted by atomic mass is 9.98. The molecule has 0 bridgehead atoms. The second kappa shape index (κ2) is 6.10. The van der Waals surface area contributed by atoms with E-state index in [9.17, 15) is 15.0 Å². The minimum atomic E-state index is -0.286. The van der Waals surface area contributed by atoms with Crippen molar-refractivity contribution < 1.29 is 19.7 Å². The number of hydrogen-bond donors (Lipinski definition) is 2. The van der Waals surface area contributed by atoms with Gasteiger partial charge in [-0.25, -0.2) is 0 Å². The quantitative estimate of drug-likeness (QED) is 0.662. The predicted octanol–water partition coefficient (Wildman–Crippen LogP) is 2.40. The Balaban J connectivity index is 2.24. The van der Waals surface area contributed by atoms with E-state index in [-0.39, 0.29) is 23.9 Å². The Hall–Kier alpha value is -2.49. The molecule has 2 rings (SSSR count). The maximum Gasteiger partial charge on any atom is 0.309 e. The van der Waals surface area contributed by atoms with E-state index in [1.807, 2.05) is 24.3 Å². The fraction of sp³-hybridized carbons (Fsp3) is 0.188. The van der Waals surface area contributed by atoms with E-state index in [0.717, 1.165) is 16.7 Å². The van der Waals surface area contributed by atoms with Gasteiger partial charge in [-0.15, -0.1) is 0 Å². The number of methoxy groups -OCH3 is 1. The summed E-state index contributed by atoms with van der Waals surface area (Å²) in [6.07, 6.45) is 0.789. The Bertz CT molecular complexity index is 620. The summed E-state index contributed by atoms with van der Waals surface area (Å²) in [6, 6.07) is 12.3. The predicted molar refractivity (Wildman–Crippen MR) is 74.7 cm³/mol. The van der Waals surface area contributed by atoms with Gasteiger partial charge in [0.05, 0.1) is 13.5 Å². The summed E-state index contributed by atoms with van der Waals surface area (Å²) in [6.45, 7) is 0. The molecule has 0 saturated carbocycles. The zero-order chi connectivity index (χ0) is 14.5. The van der Waals surface area contributed by atoms with Gasteiger partial charge in [0.15, 0.2) is 11.5 Å². The molecule has 4 nitrogen and oxygen atoms in total. The number of esters is 1. The van der Waals surface area contributed by atoms with Crippen LogP contribution in [0.3, 0.4) is 0 Å². The van der Waals surface area contributed by atoms with Gasteiger partial charge in [-0.1, -0.05) is 30.3 Å². The van der Waals surface area contributed by atoms with Crippen molar-refractivity contribution in [3.8, 4) is 11.5 Å². The third-order valence-electron chi connectivity index (χ3n) is 3.12. The van der Waals surface area contributed by atoms with Crippen molar-refractivity contribution in [2.24, 2.45) is 0 Å². The molecular formula is C16H16O4. The van der Waals surface area contributed by atoms with Gasteiger partial charge in [-0.2, -0.15) is 0 Å². The third kappa shape index (κ3) is 3.29. The first-order valence-corrected chi connectivity index (χ1v) is 6.24. The molecule has 0 unspecified atom stereocenters. The highest BCUT2D eigenvalue weighted by atomic mass is 16.5. The van der Waals surface area contributed by atoms with Crippen LogP contribution in [0.1, 0.15) is 16.7 Å². The van der Waals surface area contributed by atoms with Crippen molar-refractivity contribution in [1.29, 1.82) is 0 Å². The summed E-state index contributed by atoms with van der Waals surface area (Å²) < 4.78 is 4.68. The molecule has 2 aromatic rings. The Kier molecular flexibility index (Phi) is 4.25. The molecule has 104 valence electrons. The minimum absolute atomic E-state index is 0.142. The van der Waals surface area contributed by atoms with Gasteiger partial charge in [0.1, 0.15) is 0 Å². The van der Waals surface area contributed by atoms with Crippen LogP contribution in [0.4, 0.5) is 0 Å². The lowest BCUT2D eigenvalue weighted by molar-refractivity contribution is -0.139. The monoisotopic (exact) mass is 272 g/mol. The second-order valence-corrected chi connectivity index (χ2v) is 4.52. The van der Waals surface area contributed by atoms with Gasteiger partial charge in [-0.05, 0) is 35.2 Å². The first-order chi connectivity index (χ1) is 9.60. The third-order valence-corrected chi connectivity index (χ3v) is 3.12. The van der Waals surface area contributed by atoms with E-state index in [4.69, 9.17) is 0 Å². The molecule has 2 aromatic carbocycles. The lowest BCUT2D eigenvalue weighted by Gasteiger charge is -2.09.